The fourth-order valence-electron chi connectivity index (χ4n) is 2.85. The lowest BCUT2D eigenvalue weighted by Gasteiger charge is -2.31. The van der Waals surface area contributed by atoms with Crippen LogP contribution in [0.1, 0.15) is 19.3 Å². The van der Waals surface area contributed by atoms with Crippen LogP contribution in [-0.2, 0) is 9.59 Å². The SMILES string of the molecule is NC(=O)CN1CCC(NC(=O)CCNc2ccccc2[N+](=O)[O-])CC1. The summed E-state index contributed by atoms with van der Waals surface area (Å²) in [7, 11) is 0. The summed E-state index contributed by atoms with van der Waals surface area (Å²) >= 11 is 0. The molecule has 0 radical (unpaired) electrons. The number of nitrogens with zero attached hydrogens (tertiary/aromatic N) is 2. The zero-order valence-corrected chi connectivity index (χ0v) is 13.9. The van der Waals surface area contributed by atoms with E-state index in [2.05, 4.69) is 10.6 Å². The van der Waals surface area contributed by atoms with E-state index in [0.29, 0.717) is 12.2 Å². The van der Waals surface area contributed by atoms with Gasteiger partial charge in [-0.2, -0.15) is 0 Å². The van der Waals surface area contributed by atoms with Crippen LogP contribution in [0.5, 0.6) is 0 Å². The molecule has 1 aromatic carbocycles. The van der Waals surface area contributed by atoms with E-state index in [9.17, 15) is 19.7 Å². The van der Waals surface area contributed by atoms with Crippen LogP contribution in [0.2, 0.25) is 0 Å². The number of anilines is 1. The molecule has 2 amide bonds. The average Bonchev–Trinajstić information content (AvgIpc) is 2.56. The standard InChI is InChI=1S/C16H23N5O4/c17-15(22)11-20-9-6-12(7-10-20)19-16(23)5-8-18-13-3-1-2-4-14(13)21(24)25/h1-4,12,18H,5-11H2,(H2,17,22)(H,19,23). The Morgan fingerprint density at radius 2 is 1.96 bits per heavy atom. The number of piperidine rings is 1. The first-order valence-corrected chi connectivity index (χ1v) is 8.23. The molecular formula is C16H23N5O4. The van der Waals surface area contributed by atoms with Crippen LogP contribution in [0.25, 0.3) is 0 Å². The van der Waals surface area contributed by atoms with Gasteiger partial charge in [-0.15, -0.1) is 0 Å². The van der Waals surface area contributed by atoms with E-state index < -0.39 is 4.92 Å². The molecule has 0 spiro atoms. The van der Waals surface area contributed by atoms with Gasteiger partial charge >= 0.3 is 0 Å². The average molecular weight is 349 g/mol. The molecule has 4 N–H and O–H groups in total. The van der Waals surface area contributed by atoms with Crippen molar-refractivity contribution < 1.29 is 14.5 Å². The maximum atomic E-state index is 12.0. The summed E-state index contributed by atoms with van der Waals surface area (Å²) in [5, 5.41) is 16.8. The predicted molar refractivity (Wildman–Crippen MR) is 93.0 cm³/mol. The molecule has 1 aromatic rings. The smallest absolute Gasteiger partial charge is 0.292 e. The minimum Gasteiger partial charge on any atom is -0.379 e. The fraction of sp³-hybridized carbons (Fsp3) is 0.500. The summed E-state index contributed by atoms with van der Waals surface area (Å²) in [6.07, 6.45) is 1.78. The maximum absolute atomic E-state index is 12.0. The van der Waals surface area contributed by atoms with Gasteiger partial charge in [0.25, 0.3) is 5.69 Å². The van der Waals surface area contributed by atoms with Crippen molar-refractivity contribution in [2.45, 2.75) is 25.3 Å². The summed E-state index contributed by atoms with van der Waals surface area (Å²) in [5.41, 5.74) is 5.56. The van der Waals surface area contributed by atoms with Crippen LogP contribution in [0, 0.1) is 10.1 Å². The van der Waals surface area contributed by atoms with E-state index in [-0.39, 0.29) is 36.5 Å². The molecule has 1 heterocycles. The zero-order valence-electron chi connectivity index (χ0n) is 13.9. The fourth-order valence-corrected chi connectivity index (χ4v) is 2.85. The van der Waals surface area contributed by atoms with Crippen molar-refractivity contribution in [3.63, 3.8) is 0 Å². The number of benzene rings is 1. The second-order valence-corrected chi connectivity index (χ2v) is 6.04. The van der Waals surface area contributed by atoms with Crippen molar-refractivity contribution >= 4 is 23.2 Å². The number of likely N-dealkylation sites (tertiary alicyclic amines) is 1. The number of hydrogen-bond donors (Lipinski definition) is 3. The van der Waals surface area contributed by atoms with E-state index in [1.807, 2.05) is 4.90 Å². The van der Waals surface area contributed by atoms with Gasteiger partial charge in [0.1, 0.15) is 5.69 Å². The summed E-state index contributed by atoms with van der Waals surface area (Å²) in [5.74, 6) is -0.442. The van der Waals surface area contributed by atoms with Gasteiger partial charge in [0.05, 0.1) is 11.5 Å². The molecule has 1 aliphatic rings. The second-order valence-electron chi connectivity index (χ2n) is 6.04. The predicted octanol–water partition coefficient (Wildman–Crippen LogP) is 0.463. The van der Waals surface area contributed by atoms with Crippen LogP contribution in [-0.4, -0.2) is 53.9 Å². The molecule has 1 fully saturated rings. The Hall–Kier alpha value is -2.68. The topological polar surface area (TPSA) is 131 Å². The normalized spacial score (nSPS) is 15.5. The number of nitro groups is 1. The van der Waals surface area contributed by atoms with Gasteiger partial charge in [0.2, 0.25) is 11.8 Å². The number of amides is 2. The molecule has 0 saturated carbocycles. The van der Waals surface area contributed by atoms with Crippen molar-refractivity contribution in [3.05, 3.63) is 34.4 Å². The van der Waals surface area contributed by atoms with Gasteiger partial charge in [-0.05, 0) is 18.9 Å². The molecule has 1 aliphatic heterocycles. The van der Waals surface area contributed by atoms with Gasteiger partial charge in [0, 0.05) is 38.2 Å². The molecule has 0 aromatic heterocycles. The molecule has 25 heavy (non-hydrogen) atoms. The summed E-state index contributed by atoms with van der Waals surface area (Å²) in [4.78, 5) is 35.3. The van der Waals surface area contributed by atoms with Crippen molar-refractivity contribution in [1.29, 1.82) is 0 Å². The highest BCUT2D eigenvalue weighted by atomic mass is 16.6. The van der Waals surface area contributed by atoms with Crippen LogP contribution >= 0.6 is 0 Å². The first-order valence-electron chi connectivity index (χ1n) is 8.23. The maximum Gasteiger partial charge on any atom is 0.292 e. The number of carbonyl (C=O) groups excluding carboxylic acids is 2. The van der Waals surface area contributed by atoms with Gasteiger partial charge in [-0.3, -0.25) is 24.6 Å². The van der Waals surface area contributed by atoms with E-state index in [1.54, 1.807) is 18.2 Å². The number of primary amides is 1. The van der Waals surface area contributed by atoms with Gasteiger partial charge < -0.3 is 16.4 Å². The lowest BCUT2D eigenvalue weighted by atomic mass is 10.0. The lowest BCUT2D eigenvalue weighted by molar-refractivity contribution is -0.384. The van der Waals surface area contributed by atoms with Gasteiger partial charge in [-0.25, -0.2) is 0 Å². The summed E-state index contributed by atoms with van der Waals surface area (Å²) in [6.45, 7) is 2.02. The number of hydrogen-bond acceptors (Lipinski definition) is 6. The quantitative estimate of drug-likeness (QED) is 0.462. The number of rotatable bonds is 8. The Bertz CT molecular complexity index is 629. The third-order valence-electron chi connectivity index (χ3n) is 4.10. The van der Waals surface area contributed by atoms with Crippen molar-refractivity contribution in [3.8, 4) is 0 Å². The number of nitro benzene ring substituents is 1. The first-order chi connectivity index (χ1) is 12.0. The second kappa shape index (κ2) is 8.97. The van der Waals surface area contributed by atoms with E-state index in [4.69, 9.17) is 5.73 Å². The Kier molecular flexibility index (Phi) is 6.70. The number of nitrogens with two attached hydrogens (primary N) is 1. The zero-order chi connectivity index (χ0) is 18.2. The Balaban J connectivity index is 1.70. The minimum absolute atomic E-state index is 0.00951. The summed E-state index contributed by atoms with van der Waals surface area (Å²) in [6, 6.07) is 6.42. The van der Waals surface area contributed by atoms with Crippen molar-refractivity contribution in [2.75, 3.05) is 31.5 Å². The van der Waals surface area contributed by atoms with Crippen molar-refractivity contribution in [2.24, 2.45) is 5.73 Å². The van der Waals surface area contributed by atoms with E-state index >= 15 is 0 Å². The molecule has 9 nitrogen and oxygen atoms in total. The molecule has 2 rings (SSSR count). The van der Waals surface area contributed by atoms with Crippen LogP contribution in [0.15, 0.2) is 24.3 Å². The highest BCUT2D eigenvalue weighted by Gasteiger charge is 2.21. The molecule has 9 heteroatoms. The van der Waals surface area contributed by atoms with E-state index in [1.165, 1.54) is 6.07 Å². The molecule has 0 atom stereocenters. The minimum atomic E-state index is -0.456. The highest BCUT2D eigenvalue weighted by Crippen LogP contribution is 2.22. The molecule has 0 bridgehead atoms. The third-order valence-corrected chi connectivity index (χ3v) is 4.10. The first kappa shape index (κ1) is 18.7. The van der Waals surface area contributed by atoms with Crippen LogP contribution < -0.4 is 16.4 Å². The lowest BCUT2D eigenvalue weighted by Crippen LogP contribution is -2.46. The third kappa shape index (κ3) is 6.03. The Morgan fingerprint density at radius 1 is 1.28 bits per heavy atom. The number of para-hydroxylation sites is 2. The Labute approximate surface area is 145 Å². The van der Waals surface area contributed by atoms with Crippen LogP contribution in [0.4, 0.5) is 11.4 Å². The Morgan fingerprint density at radius 3 is 2.60 bits per heavy atom. The highest BCUT2D eigenvalue weighted by molar-refractivity contribution is 5.77. The number of carbonyl (C=O) groups is 2. The molecule has 0 unspecified atom stereocenters. The van der Waals surface area contributed by atoms with Gasteiger partial charge in [-0.1, -0.05) is 12.1 Å². The largest absolute Gasteiger partial charge is 0.379 e. The van der Waals surface area contributed by atoms with Crippen LogP contribution in [0.3, 0.4) is 0 Å². The molecule has 136 valence electrons. The van der Waals surface area contributed by atoms with E-state index in [0.717, 1.165) is 25.9 Å². The molecular weight excluding hydrogens is 326 g/mol. The molecule has 0 aliphatic carbocycles. The summed E-state index contributed by atoms with van der Waals surface area (Å²) < 4.78 is 0. The van der Waals surface area contributed by atoms with Crippen molar-refractivity contribution in [1.82, 2.24) is 10.2 Å². The number of nitrogens with one attached hydrogen (secondary N) is 2. The molecule has 1 saturated heterocycles. The monoisotopic (exact) mass is 349 g/mol. The van der Waals surface area contributed by atoms with Gasteiger partial charge in [0.15, 0.2) is 0 Å².